The molecule has 1 aromatic carbocycles. The van der Waals surface area contributed by atoms with Gasteiger partial charge in [-0.3, -0.25) is 0 Å². The van der Waals surface area contributed by atoms with Gasteiger partial charge in [-0.15, -0.1) is 0 Å². The second-order valence-electron chi connectivity index (χ2n) is 3.85. The highest BCUT2D eigenvalue weighted by Gasteiger charge is 2.08. The van der Waals surface area contributed by atoms with E-state index < -0.39 is 0 Å². The summed E-state index contributed by atoms with van der Waals surface area (Å²) in [4.78, 5) is 0.288. The lowest BCUT2D eigenvalue weighted by Gasteiger charge is -2.03. The van der Waals surface area contributed by atoms with E-state index in [1.165, 1.54) is 11.1 Å². The Morgan fingerprint density at radius 2 is 1.94 bits per heavy atom. The molecule has 16 heavy (non-hydrogen) atoms. The zero-order valence-electron chi connectivity index (χ0n) is 9.28. The molecule has 0 aliphatic heterocycles. The van der Waals surface area contributed by atoms with Crippen molar-refractivity contribution in [2.75, 3.05) is 0 Å². The molecule has 0 atom stereocenters. The number of nitrogens with two attached hydrogens (primary N) is 1. The van der Waals surface area contributed by atoms with Crippen molar-refractivity contribution in [3.8, 4) is 11.3 Å². The van der Waals surface area contributed by atoms with Crippen LogP contribution in [0.5, 0.6) is 0 Å². The molecule has 0 aliphatic rings. The van der Waals surface area contributed by atoms with Crippen LogP contribution in [0.15, 0.2) is 34.7 Å². The second kappa shape index (κ2) is 4.10. The topological polar surface area (TPSA) is 39.2 Å². The standard InChI is InChI=1S/C13H13NOS/c1-8-3-4-9(2)10(7-8)11-5-6-12(15-11)13(14)16/h3-7H,1-2H3,(H2,14,16). The summed E-state index contributed by atoms with van der Waals surface area (Å²) in [6.07, 6.45) is 0. The third-order valence-electron chi connectivity index (χ3n) is 2.51. The van der Waals surface area contributed by atoms with Crippen LogP contribution in [0, 0.1) is 13.8 Å². The van der Waals surface area contributed by atoms with Crippen molar-refractivity contribution in [1.82, 2.24) is 0 Å². The Kier molecular flexibility index (Phi) is 2.79. The van der Waals surface area contributed by atoms with Crippen molar-refractivity contribution < 1.29 is 4.42 Å². The molecular weight excluding hydrogens is 218 g/mol. The minimum absolute atomic E-state index is 0.288. The summed E-state index contributed by atoms with van der Waals surface area (Å²) in [6.45, 7) is 4.11. The summed E-state index contributed by atoms with van der Waals surface area (Å²) in [6, 6.07) is 9.96. The van der Waals surface area contributed by atoms with E-state index in [1.807, 2.05) is 6.07 Å². The number of benzene rings is 1. The Bertz CT molecular complexity index is 543. The highest BCUT2D eigenvalue weighted by Crippen LogP contribution is 2.26. The first kappa shape index (κ1) is 10.9. The van der Waals surface area contributed by atoms with Crippen LogP contribution in [0.2, 0.25) is 0 Å². The summed E-state index contributed by atoms with van der Waals surface area (Å²) in [5.74, 6) is 1.37. The molecule has 0 unspecified atom stereocenters. The minimum Gasteiger partial charge on any atom is -0.454 e. The fourth-order valence-corrected chi connectivity index (χ4v) is 1.73. The number of hydrogen-bond donors (Lipinski definition) is 1. The maximum atomic E-state index is 5.60. The Hall–Kier alpha value is -1.61. The fraction of sp³-hybridized carbons (Fsp3) is 0.154. The van der Waals surface area contributed by atoms with Gasteiger partial charge in [0.25, 0.3) is 0 Å². The summed E-state index contributed by atoms with van der Waals surface area (Å²) in [5.41, 5.74) is 8.97. The Morgan fingerprint density at radius 1 is 1.19 bits per heavy atom. The molecule has 0 bridgehead atoms. The van der Waals surface area contributed by atoms with Crippen LogP contribution >= 0.6 is 12.2 Å². The van der Waals surface area contributed by atoms with Crippen LogP contribution in [-0.2, 0) is 0 Å². The van der Waals surface area contributed by atoms with Crippen LogP contribution in [0.1, 0.15) is 16.9 Å². The van der Waals surface area contributed by atoms with Crippen molar-refractivity contribution in [2.24, 2.45) is 5.73 Å². The molecule has 82 valence electrons. The molecule has 3 heteroatoms. The molecule has 0 radical (unpaired) electrons. The normalized spacial score (nSPS) is 10.4. The SMILES string of the molecule is Cc1ccc(C)c(-c2ccc(C(N)=S)o2)c1. The molecule has 0 aliphatic carbocycles. The van der Waals surface area contributed by atoms with E-state index in [1.54, 1.807) is 6.07 Å². The minimum atomic E-state index is 0.288. The highest BCUT2D eigenvalue weighted by molar-refractivity contribution is 7.80. The lowest BCUT2D eigenvalue weighted by Crippen LogP contribution is -2.07. The summed E-state index contributed by atoms with van der Waals surface area (Å²) in [7, 11) is 0. The van der Waals surface area contributed by atoms with E-state index in [4.69, 9.17) is 22.4 Å². The second-order valence-corrected chi connectivity index (χ2v) is 4.29. The van der Waals surface area contributed by atoms with E-state index in [0.29, 0.717) is 5.76 Å². The number of hydrogen-bond acceptors (Lipinski definition) is 2. The fourth-order valence-electron chi connectivity index (χ4n) is 1.62. The molecule has 0 saturated heterocycles. The number of aryl methyl sites for hydroxylation is 2. The molecule has 1 heterocycles. The zero-order valence-corrected chi connectivity index (χ0v) is 10.1. The van der Waals surface area contributed by atoms with Crippen molar-refractivity contribution in [2.45, 2.75) is 13.8 Å². The Morgan fingerprint density at radius 3 is 2.56 bits per heavy atom. The van der Waals surface area contributed by atoms with Crippen molar-refractivity contribution in [3.05, 3.63) is 47.2 Å². The molecular formula is C13H13NOS. The third kappa shape index (κ3) is 1.99. The molecule has 0 spiro atoms. The van der Waals surface area contributed by atoms with Crippen molar-refractivity contribution in [1.29, 1.82) is 0 Å². The Balaban J connectivity index is 2.50. The lowest BCUT2D eigenvalue weighted by atomic mass is 10.0. The first-order valence-corrected chi connectivity index (χ1v) is 5.46. The van der Waals surface area contributed by atoms with Gasteiger partial charge in [0.15, 0.2) is 5.76 Å². The molecule has 2 N–H and O–H groups in total. The van der Waals surface area contributed by atoms with Crippen molar-refractivity contribution in [3.63, 3.8) is 0 Å². The number of furan rings is 1. The largest absolute Gasteiger partial charge is 0.454 e. The number of thiocarbonyl (C=S) groups is 1. The van der Waals surface area contributed by atoms with Crippen LogP contribution in [0.4, 0.5) is 0 Å². The van der Waals surface area contributed by atoms with Gasteiger partial charge < -0.3 is 10.2 Å². The maximum Gasteiger partial charge on any atom is 0.161 e. The van der Waals surface area contributed by atoms with E-state index in [2.05, 4.69) is 32.0 Å². The molecule has 0 fully saturated rings. The molecule has 0 saturated carbocycles. The van der Waals surface area contributed by atoms with Gasteiger partial charge in [-0.2, -0.15) is 0 Å². The molecule has 2 nitrogen and oxygen atoms in total. The van der Waals surface area contributed by atoms with E-state index in [9.17, 15) is 0 Å². The van der Waals surface area contributed by atoms with Gasteiger partial charge >= 0.3 is 0 Å². The average Bonchev–Trinajstić information content (AvgIpc) is 2.70. The van der Waals surface area contributed by atoms with E-state index in [-0.39, 0.29) is 4.99 Å². The highest BCUT2D eigenvalue weighted by atomic mass is 32.1. The quantitative estimate of drug-likeness (QED) is 0.807. The monoisotopic (exact) mass is 231 g/mol. The van der Waals surface area contributed by atoms with Gasteiger partial charge in [0.1, 0.15) is 10.7 Å². The molecule has 1 aromatic heterocycles. The van der Waals surface area contributed by atoms with Gasteiger partial charge in [-0.1, -0.05) is 29.9 Å². The lowest BCUT2D eigenvalue weighted by molar-refractivity contribution is 0.573. The smallest absolute Gasteiger partial charge is 0.161 e. The molecule has 2 rings (SSSR count). The van der Waals surface area contributed by atoms with Gasteiger partial charge in [0, 0.05) is 5.56 Å². The van der Waals surface area contributed by atoms with Crippen LogP contribution in [0.25, 0.3) is 11.3 Å². The third-order valence-corrected chi connectivity index (χ3v) is 2.71. The predicted octanol–water partition coefficient (Wildman–Crippen LogP) is 3.20. The van der Waals surface area contributed by atoms with Gasteiger partial charge in [-0.25, -0.2) is 0 Å². The molecule has 2 aromatic rings. The first-order chi connectivity index (χ1) is 7.58. The van der Waals surface area contributed by atoms with Crippen LogP contribution in [-0.4, -0.2) is 4.99 Å². The molecule has 0 amide bonds. The van der Waals surface area contributed by atoms with Crippen LogP contribution in [0.3, 0.4) is 0 Å². The summed E-state index contributed by atoms with van der Waals surface area (Å²) >= 11 is 4.87. The zero-order chi connectivity index (χ0) is 11.7. The van der Waals surface area contributed by atoms with Gasteiger partial charge in [-0.05, 0) is 37.6 Å². The summed E-state index contributed by atoms with van der Waals surface area (Å²) < 4.78 is 5.60. The van der Waals surface area contributed by atoms with Crippen LogP contribution < -0.4 is 5.73 Å². The average molecular weight is 231 g/mol. The summed E-state index contributed by atoms with van der Waals surface area (Å²) in [5, 5.41) is 0. The first-order valence-electron chi connectivity index (χ1n) is 5.05. The predicted molar refractivity (Wildman–Crippen MR) is 69.5 cm³/mol. The maximum absolute atomic E-state index is 5.60. The van der Waals surface area contributed by atoms with E-state index in [0.717, 1.165) is 11.3 Å². The van der Waals surface area contributed by atoms with Crippen molar-refractivity contribution >= 4 is 17.2 Å². The number of rotatable bonds is 2. The van der Waals surface area contributed by atoms with E-state index >= 15 is 0 Å². The Labute approximate surface area is 100 Å². The van der Waals surface area contributed by atoms with Gasteiger partial charge in [0.2, 0.25) is 0 Å². The van der Waals surface area contributed by atoms with Gasteiger partial charge in [0.05, 0.1) is 0 Å².